The Morgan fingerprint density at radius 3 is 2.74 bits per heavy atom. The van der Waals surface area contributed by atoms with E-state index in [1.54, 1.807) is 0 Å². The zero-order valence-corrected chi connectivity index (χ0v) is 17.4. The molecule has 2 fully saturated rings. The SMILES string of the molecule is CCNC(=NCC(C)(C)N1CCCCC1)N1CCOC(c2cnn(C)c2)C1. The van der Waals surface area contributed by atoms with Gasteiger partial charge in [-0.15, -0.1) is 0 Å². The fraction of sp³-hybridized carbons (Fsp3) is 0.800. The molecular formula is C20H36N6O. The zero-order chi connectivity index (χ0) is 19.3. The number of morpholine rings is 1. The van der Waals surface area contributed by atoms with Crippen LogP contribution in [0.25, 0.3) is 0 Å². The second kappa shape index (κ2) is 9.06. The zero-order valence-electron chi connectivity index (χ0n) is 17.4. The summed E-state index contributed by atoms with van der Waals surface area (Å²) in [6, 6.07) is 0. The fourth-order valence-corrected chi connectivity index (χ4v) is 3.94. The molecule has 2 aliphatic rings. The number of hydrogen-bond acceptors (Lipinski definition) is 4. The number of aromatic nitrogens is 2. The van der Waals surface area contributed by atoms with Gasteiger partial charge < -0.3 is 15.0 Å². The van der Waals surface area contributed by atoms with Crippen molar-refractivity contribution in [1.29, 1.82) is 0 Å². The predicted molar refractivity (Wildman–Crippen MR) is 109 cm³/mol. The number of rotatable bonds is 5. The molecule has 0 saturated carbocycles. The van der Waals surface area contributed by atoms with Crippen LogP contribution in [0, 0.1) is 0 Å². The number of aryl methyl sites for hydroxylation is 1. The minimum atomic E-state index is 0.0476. The maximum absolute atomic E-state index is 5.99. The first-order valence-electron chi connectivity index (χ1n) is 10.4. The van der Waals surface area contributed by atoms with E-state index < -0.39 is 0 Å². The van der Waals surface area contributed by atoms with Gasteiger partial charge in [-0.1, -0.05) is 6.42 Å². The summed E-state index contributed by atoms with van der Waals surface area (Å²) in [4.78, 5) is 9.96. The Labute approximate surface area is 163 Å². The molecule has 1 unspecified atom stereocenters. The van der Waals surface area contributed by atoms with E-state index in [0.29, 0.717) is 6.61 Å². The van der Waals surface area contributed by atoms with Crippen LogP contribution in [0.3, 0.4) is 0 Å². The third kappa shape index (κ3) is 5.23. The van der Waals surface area contributed by atoms with Gasteiger partial charge in [-0.2, -0.15) is 5.10 Å². The Balaban J connectivity index is 1.67. The number of nitrogens with one attached hydrogen (secondary N) is 1. The Hall–Kier alpha value is -1.60. The van der Waals surface area contributed by atoms with Gasteiger partial charge in [0.05, 0.1) is 25.9 Å². The van der Waals surface area contributed by atoms with Crippen LogP contribution in [-0.4, -0.2) is 77.0 Å². The smallest absolute Gasteiger partial charge is 0.194 e. The van der Waals surface area contributed by atoms with Crippen molar-refractivity contribution in [2.45, 2.75) is 51.7 Å². The van der Waals surface area contributed by atoms with E-state index in [1.807, 2.05) is 24.1 Å². The lowest BCUT2D eigenvalue weighted by molar-refractivity contribution is -0.00816. The maximum atomic E-state index is 5.99. The van der Waals surface area contributed by atoms with Gasteiger partial charge in [0.15, 0.2) is 5.96 Å². The van der Waals surface area contributed by atoms with Crippen molar-refractivity contribution in [1.82, 2.24) is 24.9 Å². The van der Waals surface area contributed by atoms with E-state index >= 15 is 0 Å². The van der Waals surface area contributed by atoms with E-state index in [4.69, 9.17) is 9.73 Å². The van der Waals surface area contributed by atoms with Gasteiger partial charge in [0.1, 0.15) is 6.10 Å². The number of guanidine groups is 1. The Morgan fingerprint density at radius 1 is 1.30 bits per heavy atom. The number of ether oxygens (including phenoxy) is 1. The van der Waals surface area contributed by atoms with Crippen molar-refractivity contribution in [2.24, 2.45) is 12.0 Å². The molecule has 27 heavy (non-hydrogen) atoms. The Bertz CT molecular complexity index is 620. The largest absolute Gasteiger partial charge is 0.370 e. The lowest BCUT2D eigenvalue weighted by Crippen LogP contribution is -2.51. The number of nitrogens with zero attached hydrogens (tertiary/aromatic N) is 5. The van der Waals surface area contributed by atoms with Gasteiger partial charge in [-0.3, -0.25) is 14.6 Å². The van der Waals surface area contributed by atoms with E-state index in [9.17, 15) is 0 Å². The lowest BCUT2D eigenvalue weighted by Gasteiger charge is -2.40. The number of aliphatic imine (C=N–C) groups is 1. The highest BCUT2D eigenvalue weighted by molar-refractivity contribution is 5.80. The minimum Gasteiger partial charge on any atom is -0.370 e. The van der Waals surface area contributed by atoms with Crippen LogP contribution < -0.4 is 5.32 Å². The molecule has 2 saturated heterocycles. The van der Waals surface area contributed by atoms with Crippen molar-refractivity contribution in [2.75, 3.05) is 45.9 Å². The maximum Gasteiger partial charge on any atom is 0.194 e. The third-order valence-corrected chi connectivity index (χ3v) is 5.63. The van der Waals surface area contributed by atoms with Crippen molar-refractivity contribution < 1.29 is 4.74 Å². The summed E-state index contributed by atoms with van der Waals surface area (Å²) < 4.78 is 7.82. The number of likely N-dealkylation sites (tertiary alicyclic amines) is 1. The topological polar surface area (TPSA) is 57.9 Å². The average molecular weight is 377 g/mol. The molecule has 7 heteroatoms. The summed E-state index contributed by atoms with van der Waals surface area (Å²) in [6.45, 7) is 13.2. The molecule has 152 valence electrons. The first-order valence-corrected chi connectivity index (χ1v) is 10.4. The molecule has 0 radical (unpaired) electrons. The quantitative estimate of drug-likeness (QED) is 0.629. The fourth-order valence-electron chi connectivity index (χ4n) is 3.94. The Kier molecular flexibility index (Phi) is 6.76. The Morgan fingerprint density at radius 2 is 2.07 bits per heavy atom. The highest BCUT2D eigenvalue weighted by Gasteiger charge is 2.29. The highest BCUT2D eigenvalue weighted by atomic mass is 16.5. The van der Waals surface area contributed by atoms with Gasteiger partial charge in [-0.25, -0.2) is 0 Å². The second-order valence-electron chi connectivity index (χ2n) is 8.28. The average Bonchev–Trinajstić information content (AvgIpc) is 3.12. The van der Waals surface area contributed by atoms with E-state index in [-0.39, 0.29) is 11.6 Å². The first kappa shape index (κ1) is 20.1. The molecule has 0 bridgehead atoms. The standard InChI is InChI=1S/C20H36N6O/c1-5-21-19(22-16-20(2,3)26-9-7-6-8-10-26)25-11-12-27-18(15-25)17-13-23-24(4)14-17/h13-14,18H,5-12,15-16H2,1-4H3,(H,21,22). The summed E-state index contributed by atoms with van der Waals surface area (Å²) in [7, 11) is 1.94. The first-order chi connectivity index (χ1) is 13.0. The molecule has 1 N–H and O–H groups in total. The van der Waals surface area contributed by atoms with Crippen LogP contribution in [-0.2, 0) is 11.8 Å². The molecule has 2 aliphatic heterocycles. The predicted octanol–water partition coefficient (Wildman–Crippen LogP) is 2.02. The van der Waals surface area contributed by atoms with Crippen LogP contribution in [0.1, 0.15) is 51.7 Å². The monoisotopic (exact) mass is 376 g/mol. The summed E-state index contributed by atoms with van der Waals surface area (Å²) in [5, 5.41) is 7.77. The second-order valence-corrected chi connectivity index (χ2v) is 8.28. The van der Waals surface area contributed by atoms with Crippen molar-refractivity contribution in [3.8, 4) is 0 Å². The summed E-state index contributed by atoms with van der Waals surface area (Å²) in [5.74, 6) is 1.000. The normalized spacial score (nSPS) is 22.9. The van der Waals surface area contributed by atoms with Gasteiger partial charge in [-0.05, 0) is 46.7 Å². The molecule has 1 aromatic heterocycles. The van der Waals surface area contributed by atoms with Crippen molar-refractivity contribution in [3.63, 3.8) is 0 Å². The van der Waals surface area contributed by atoms with Crippen LogP contribution in [0.15, 0.2) is 17.4 Å². The van der Waals surface area contributed by atoms with Gasteiger partial charge in [0.2, 0.25) is 0 Å². The molecule has 1 aromatic rings. The van der Waals surface area contributed by atoms with E-state index in [0.717, 1.165) is 37.7 Å². The molecule has 0 aromatic carbocycles. The molecule has 0 aliphatic carbocycles. The van der Waals surface area contributed by atoms with Gasteiger partial charge in [0.25, 0.3) is 0 Å². The van der Waals surface area contributed by atoms with Gasteiger partial charge in [0, 0.05) is 37.4 Å². The third-order valence-electron chi connectivity index (χ3n) is 5.63. The summed E-state index contributed by atoms with van der Waals surface area (Å²) in [6.07, 6.45) is 7.97. The van der Waals surface area contributed by atoms with Crippen LogP contribution >= 0.6 is 0 Å². The van der Waals surface area contributed by atoms with E-state index in [2.05, 4.69) is 41.0 Å². The summed E-state index contributed by atoms with van der Waals surface area (Å²) in [5.41, 5.74) is 1.22. The minimum absolute atomic E-state index is 0.0476. The van der Waals surface area contributed by atoms with Gasteiger partial charge >= 0.3 is 0 Å². The highest BCUT2D eigenvalue weighted by Crippen LogP contribution is 2.23. The molecule has 3 heterocycles. The molecule has 7 nitrogen and oxygen atoms in total. The van der Waals surface area contributed by atoms with Crippen molar-refractivity contribution in [3.05, 3.63) is 18.0 Å². The number of hydrogen-bond donors (Lipinski definition) is 1. The van der Waals surface area contributed by atoms with Crippen LogP contribution in [0.5, 0.6) is 0 Å². The van der Waals surface area contributed by atoms with Crippen molar-refractivity contribution >= 4 is 5.96 Å². The van der Waals surface area contributed by atoms with Crippen LogP contribution in [0.2, 0.25) is 0 Å². The van der Waals surface area contributed by atoms with E-state index in [1.165, 1.54) is 32.4 Å². The molecule has 0 spiro atoms. The molecular weight excluding hydrogens is 340 g/mol. The number of piperidine rings is 1. The molecule has 3 rings (SSSR count). The van der Waals surface area contributed by atoms with Crippen LogP contribution in [0.4, 0.5) is 0 Å². The lowest BCUT2D eigenvalue weighted by atomic mass is 9.99. The summed E-state index contributed by atoms with van der Waals surface area (Å²) >= 11 is 0. The molecule has 0 amide bonds. The molecule has 1 atom stereocenters.